The van der Waals surface area contributed by atoms with E-state index in [0.717, 1.165) is 27.7 Å². The number of nitrogens with zero attached hydrogens (tertiary/aromatic N) is 1. The summed E-state index contributed by atoms with van der Waals surface area (Å²) in [6, 6.07) is 18.0. The van der Waals surface area contributed by atoms with Crippen molar-refractivity contribution in [3.63, 3.8) is 0 Å². The lowest BCUT2D eigenvalue weighted by atomic mass is 9.83. The number of fused-ring (bicyclic) bond motifs is 7. The van der Waals surface area contributed by atoms with Gasteiger partial charge in [0.2, 0.25) is 0 Å². The van der Waals surface area contributed by atoms with Crippen LogP contribution in [0.25, 0.3) is 10.9 Å². The van der Waals surface area contributed by atoms with Crippen LogP contribution in [-0.4, -0.2) is 50.3 Å². The van der Waals surface area contributed by atoms with Crippen LogP contribution in [0.4, 0.5) is 0 Å². The second-order valence-electron chi connectivity index (χ2n) is 9.02. The van der Waals surface area contributed by atoms with Gasteiger partial charge in [-0.2, -0.15) is 0 Å². The van der Waals surface area contributed by atoms with E-state index in [2.05, 4.69) is 29.2 Å². The van der Waals surface area contributed by atoms with Gasteiger partial charge in [-0.1, -0.05) is 30.3 Å². The summed E-state index contributed by atoms with van der Waals surface area (Å²) in [7, 11) is 4.81. The number of carbonyl (C=O) groups excluding carboxylic acids is 1. The highest BCUT2D eigenvalue weighted by Gasteiger charge is 2.47. The third kappa shape index (κ3) is 3.08. The van der Waals surface area contributed by atoms with Gasteiger partial charge in [-0.3, -0.25) is 4.79 Å². The number of hydrogen-bond donors (Lipinski definition) is 1. The van der Waals surface area contributed by atoms with Crippen molar-refractivity contribution in [2.75, 3.05) is 34.5 Å². The molecule has 0 aliphatic carbocycles. The van der Waals surface area contributed by atoms with E-state index in [-0.39, 0.29) is 17.9 Å². The maximum atomic E-state index is 13.9. The van der Waals surface area contributed by atoms with Gasteiger partial charge in [0.15, 0.2) is 23.0 Å². The minimum absolute atomic E-state index is 0.0527. The summed E-state index contributed by atoms with van der Waals surface area (Å²) in [6.45, 7) is 3.03. The summed E-state index contributed by atoms with van der Waals surface area (Å²) in [5.74, 6) is 2.31. The summed E-state index contributed by atoms with van der Waals surface area (Å²) >= 11 is 0. The largest absolute Gasteiger partial charge is 0.493 e. The van der Waals surface area contributed by atoms with Crippen molar-refractivity contribution in [3.05, 3.63) is 82.5 Å². The number of benzene rings is 3. The molecular weight excluding hydrogens is 456 g/mol. The first-order valence-electron chi connectivity index (χ1n) is 12.1. The van der Waals surface area contributed by atoms with Crippen LogP contribution in [0.2, 0.25) is 0 Å². The van der Waals surface area contributed by atoms with Crippen molar-refractivity contribution in [2.24, 2.45) is 0 Å². The normalized spacial score (nSPS) is 18.0. The number of rotatable bonds is 6. The van der Waals surface area contributed by atoms with Crippen LogP contribution in [0.15, 0.2) is 54.6 Å². The minimum Gasteiger partial charge on any atom is -0.493 e. The Kier molecular flexibility index (Phi) is 5.29. The molecule has 36 heavy (non-hydrogen) atoms. The average Bonchev–Trinajstić information content (AvgIpc) is 3.43. The lowest BCUT2D eigenvalue weighted by Crippen LogP contribution is -2.37. The van der Waals surface area contributed by atoms with E-state index < -0.39 is 0 Å². The lowest BCUT2D eigenvalue weighted by molar-refractivity contribution is 0.0725. The molecule has 0 saturated heterocycles. The number of hydrogen-bond acceptors (Lipinski definition) is 5. The van der Waals surface area contributed by atoms with E-state index in [0.29, 0.717) is 41.7 Å². The fourth-order valence-corrected chi connectivity index (χ4v) is 5.83. The first-order valence-corrected chi connectivity index (χ1v) is 12.1. The fourth-order valence-electron chi connectivity index (χ4n) is 5.83. The van der Waals surface area contributed by atoms with E-state index in [1.54, 1.807) is 21.3 Å². The zero-order chi connectivity index (χ0) is 25.0. The Balaban J connectivity index is 1.57. The fraction of sp³-hybridized carbons (Fsp3) is 0.276. The molecule has 6 rings (SSSR count). The Hall–Kier alpha value is -4.13. The first kappa shape index (κ1) is 22.3. The molecule has 0 saturated carbocycles. The number of nitrogens with one attached hydrogen (secondary N) is 1. The van der Waals surface area contributed by atoms with E-state index in [9.17, 15) is 4.79 Å². The Morgan fingerprint density at radius 1 is 0.944 bits per heavy atom. The average molecular weight is 485 g/mol. The predicted molar refractivity (Wildman–Crippen MR) is 137 cm³/mol. The highest BCUT2D eigenvalue weighted by molar-refractivity contribution is 6.04. The molecule has 0 radical (unpaired) electrons. The van der Waals surface area contributed by atoms with Gasteiger partial charge in [0.05, 0.1) is 39.5 Å². The Bertz CT molecular complexity index is 1490. The summed E-state index contributed by atoms with van der Waals surface area (Å²) < 4.78 is 22.6. The molecule has 2 atom stereocenters. The van der Waals surface area contributed by atoms with E-state index in [1.165, 1.54) is 5.56 Å². The monoisotopic (exact) mass is 484 g/mol. The van der Waals surface area contributed by atoms with Crippen LogP contribution in [0.1, 0.15) is 51.6 Å². The predicted octanol–water partition coefficient (Wildman–Crippen LogP) is 5.28. The van der Waals surface area contributed by atoms with Gasteiger partial charge in [-0.05, 0) is 47.9 Å². The van der Waals surface area contributed by atoms with E-state index in [1.807, 2.05) is 42.2 Å². The van der Waals surface area contributed by atoms with Gasteiger partial charge in [0.25, 0.3) is 5.91 Å². The van der Waals surface area contributed by atoms with Crippen molar-refractivity contribution >= 4 is 16.8 Å². The van der Waals surface area contributed by atoms with Crippen LogP contribution in [0, 0.1) is 0 Å². The number of para-hydroxylation sites is 1. The molecule has 4 aromatic rings. The number of H-pyrrole nitrogens is 1. The molecule has 0 unspecified atom stereocenters. The smallest absolute Gasteiger partial charge is 0.259 e. The summed E-state index contributed by atoms with van der Waals surface area (Å²) in [5.41, 5.74) is 5.83. The van der Waals surface area contributed by atoms with Gasteiger partial charge >= 0.3 is 0 Å². The zero-order valence-corrected chi connectivity index (χ0v) is 20.8. The molecule has 0 bridgehead atoms. The molecule has 1 aromatic heterocycles. The first-order chi connectivity index (χ1) is 17.6. The Labute approximate surface area is 209 Å². The summed E-state index contributed by atoms with van der Waals surface area (Å²) in [4.78, 5) is 19.5. The van der Waals surface area contributed by atoms with Crippen LogP contribution in [-0.2, 0) is 0 Å². The third-order valence-corrected chi connectivity index (χ3v) is 7.33. The van der Waals surface area contributed by atoms with Crippen LogP contribution in [0.3, 0.4) is 0 Å². The highest BCUT2D eigenvalue weighted by atomic mass is 16.5. The molecule has 0 spiro atoms. The number of aromatic amines is 1. The van der Waals surface area contributed by atoms with Gasteiger partial charge in [0, 0.05) is 29.1 Å². The Morgan fingerprint density at radius 3 is 2.47 bits per heavy atom. The van der Waals surface area contributed by atoms with E-state index in [4.69, 9.17) is 18.9 Å². The van der Waals surface area contributed by atoms with Gasteiger partial charge in [0.1, 0.15) is 0 Å². The van der Waals surface area contributed by atoms with Crippen molar-refractivity contribution in [1.82, 2.24) is 9.88 Å². The van der Waals surface area contributed by atoms with Gasteiger partial charge in [-0.25, -0.2) is 0 Å². The molecule has 0 fully saturated rings. The molecule has 3 heterocycles. The zero-order valence-electron chi connectivity index (χ0n) is 20.8. The molecule has 2 aliphatic rings. The molecule has 184 valence electrons. The highest BCUT2D eigenvalue weighted by Crippen LogP contribution is 2.52. The number of amides is 1. The number of ether oxygens (including phenoxy) is 4. The van der Waals surface area contributed by atoms with Crippen molar-refractivity contribution < 1.29 is 23.7 Å². The second kappa shape index (κ2) is 8.52. The SMILES string of the molecule is CCOc1ccc([C@@H]2CN3C(=O)c4c(ccc(OC)c4OC)[C@@H]3c3[nH]c4ccccc4c32)cc1OC. The Morgan fingerprint density at radius 2 is 1.72 bits per heavy atom. The summed E-state index contributed by atoms with van der Waals surface area (Å²) in [5, 5.41) is 1.16. The van der Waals surface area contributed by atoms with Crippen LogP contribution < -0.4 is 18.9 Å². The number of carbonyl (C=O) groups is 1. The maximum absolute atomic E-state index is 13.9. The minimum atomic E-state index is -0.226. The van der Waals surface area contributed by atoms with Crippen LogP contribution in [0.5, 0.6) is 23.0 Å². The molecule has 7 nitrogen and oxygen atoms in total. The molecule has 3 aromatic carbocycles. The third-order valence-electron chi connectivity index (χ3n) is 7.33. The number of aromatic nitrogens is 1. The maximum Gasteiger partial charge on any atom is 0.259 e. The van der Waals surface area contributed by atoms with Gasteiger partial charge < -0.3 is 28.8 Å². The molecular formula is C29H28N2O5. The molecule has 1 amide bonds. The van der Waals surface area contributed by atoms with Crippen LogP contribution >= 0.6 is 0 Å². The summed E-state index contributed by atoms with van der Waals surface area (Å²) in [6.07, 6.45) is 0. The quantitative estimate of drug-likeness (QED) is 0.403. The molecule has 2 aliphatic heterocycles. The van der Waals surface area contributed by atoms with Gasteiger partial charge in [-0.15, -0.1) is 0 Å². The standard InChI is InChI=1S/C29H28N2O5/c1-5-36-21-12-10-16(14-23(21)34-3)19-15-31-27(26-24(19)17-8-6-7-9-20(17)30-26)18-11-13-22(33-2)28(35-4)25(18)29(31)32/h6-14,19,27,30H,5,15H2,1-4H3/t19-,27+/m0/s1. The molecule has 1 N–H and O–H groups in total. The lowest BCUT2D eigenvalue weighted by Gasteiger charge is -2.36. The van der Waals surface area contributed by atoms with Crippen molar-refractivity contribution in [2.45, 2.75) is 18.9 Å². The molecule has 7 heteroatoms. The van der Waals surface area contributed by atoms with Crippen molar-refractivity contribution in [3.8, 4) is 23.0 Å². The second-order valence-corrected chi connectivity index (χ2v) is 9.02. The van der Waals surface area contributed by atoms with E-state index >= 15 is 0 Å². The number of methoxy groups -OCH3 is 3. The topological polar surface area (TPSA) is 73.0 Å². The van der Waals surface area contributed by atoms with Crippen molar-refractivity contribution in [1.29, 1.82) is 0 Å².